The molecular formula is C45H40BrN. The lowest BCUT2D eigenvalue weighted by atomic mass is 9.65. The Hall–Kier alpha value is -4.79. The molecule has 47 heavy (non-hydrogen) atoms. The number of aryl methyl sites for hydroxylation is 1. The van der Waals surface area contributed by atoms with Crippen molar-refractivity contribution in [1.29, 1.82) is 0 Å². The van der Waals surface area contributed by atoms with Gasteiger partial charge in [0.25, 0.3) is 0 Å². The largest absolute Gasteiger partial charge is 0.256 e. The van der Waals surface area contributed by atoms with Crippen LogP contribution in [-0.2, 0) is 11.8 Å². The Morgan fingerprint density at radius 2 is 1.64 bits per heavy atom. The lowest BCUT2D eigenvalue weighted by Crippen LogP contribution is -2.29. The van der Waals surface area contributed by atoms with Crippen molar-refractivity contribution < 1.29 is 0 Å². The van der Waals surface area contributed by atoms with E-state index in [0.29, 0.717) is 0 Å². The van der Waals surface area contributed by atoms with E-state index in [1.54, 1.807) is 0 Å². The van der Waals surface area contributed by atoms with Gasteiger partial charge in [0, 0.05) is 33.1 Å². The van der Waals surface area contributed by atoms with E-state index in [0.717, 1.165) is 44.4 Å². The number of halogens is 1. The van der Waals surface area contributed by atoms with Crippen molar-refractivity contribution in [2.24, 2.45) is 0 Å². The minimum Gasteiger partial charge on any atom is -0.256 e. The van der Waals surface area contributed by atoms with Crippen LogP contribution in [-0.4, -0.2) is 4.98 Å². The summed E-state index contributed by atoms with van der Waals surface area (Å²) in [6, 6.07) is 34.8. The second kappa shape index (κ2) is 13.9. The molecule has 232 valence electrons. The number of benzene rings is 4. The summed E-state index contributed by atoms with van der Waals surface area (Å²) in [5.41, 5.74) is 13.7. The van der Waals surface area contributed by atoms with Crippen molar-refractivity contribution in [2.75, 3.05) is 0 Å². The van der Waals surface area contributed by atoms with Crippen LogP contribution in [0.2, 0.25) is 0 Å². The Bertz CT molecular complexity index is 2040. The number of pyridine rings is 1. The lowest BCUT2D eigenvalue weighted by Gasteiger charge is -2.37. The normalized spacial score (nSPS) is 19.1. The molecule has 4 aromatic carbocycles. The molecule has 0 saturated heterocycles. The van der Waals surface area contributed by atoms with Crippen molar-refractivity contribution in [1.82, 2.24) is 4.98 Å². The minimum absolute atomic E-state index is 0.0183. The summed E-state index contributed by atoms with van der Waals surface area (Å²) in [6.45, 7) is 15.0. The molecule has 0 aliphatic heterocycles. The fourth-order valence-corrected chi connectivity index (χ4v) is 7.27. The molecule has 5 aromatic rings. The maximum atomic E-state index is 4.92. The standard InChI is InChI=1S/C45H40BrN/c1-6-32-15-13-16-35-29-37(46)24-26-42(35)45(5,8-3)43(40-19-12-11-18-39(32)40)25-22-34-14-9-10-17-38(34)36-23-27-44(47-30-36)41-28-31(4)20-21-33(41)7-2/h6-15,17-30,43H,2-3,16H2,1,4-5H3/b15-13-,25-22+,32-6+. The first-order chi connectivity index (χ1) is 22.9. The fourth-order valence-electron chi connectivity index (χ4n) is 6.86. The Labute approximate surface area is 288 Å². The Balaban J connectivity index is 1.48. The summed E-state index contributed by atoms with van der Waals surface area (Å²) in [4.78, 5) is 4.92. The van der Waals surface area contributed by atoms with E-state index >= 15 is 0 Å². The number of nitrogens with zero attached hydrogens (tertiary/aromatic N) is 1. The van der Waals surface area contributed by atoms with Gasteiger partial charge < -0.3 is 0 Å². The van der Waals surface area contributed by atoms with Gasteiger partial charge >= 0.3 is 0 Å². The maximum absolute atomic E-state index is 4.92. The third kappa shape index (κ3) is 6.44. The van der Waals surface area contributed by atoms with Crippen LogP contribution in [0.4, 0.5) is 0 Å². The molecule has 1 heterocycles. The molecule has 1 nitrogen and oxygen atoms in total. The summed E-state index contributed by atoms with van der Waals surface area (Å²) in [6.07, 6.45) is 18.3. The van der Waals surface area contributed by atoms with Crippen LogP contribution in [0.25, 0.3) is 40.1 Å². The summed E-state index contributed by atoms with van der Waals surface area (Å²) in [5.74, 6) is 0.0183. The highest BCUT2D eigenvalue weighted by molar-refractivity contribution is 9.10. The number of allylic oxidation sites excluding steroid dienone is 6. The van der Waals surface area contributed by atoms with Crippen LogP contribution < -0.4 is 0 Å². The lowest BCUT2D eigenvalue weighted by molar-refractivity contribution is 0.527. The van der Waals surface area contributed by atoms with Gasteiger partial charge in [-0.3, -0.25) is 4.98 Å². The third-order valence-electron chi connectivity index (χ3n) is 9.48. The van der Waals surface area contributed by atoms with Gasteiger partial charge in [-0.25, -0.2) is 0 Å². The first-order valence-corrected chi connectivity index (χ1v) is 17.0. The molecule has 0 radical (unpaired) electrons. The molecular weight excluding hydrogens is 634 g/mol. The highest BCUT2D eigenvalue weighted by Gasteiger charge is 2.36. The van der Waals surface area contributed by atoms with Gasteiger partial charge in [-0.2, -0.15) is 0 Å². The van der Waals surface area contributed by atoms with Gasteiger partial charge in [0.15, 0.2) is 0 Å². The van der Waals surface area contributed by atoms with Gasteiger partial charge in [-0.1, -0.05) is 150 Å². The van der Waals surface area contributed by atoms with Crippen LogP contribution >= 0.6 is 15.9 Å². The monoisotopic (exact) mass is 673 g/mol. The van der Waals surface area contributed by atoms with E-state index in [2.05, 4.69) is 183 Å². The van der Waals surface area contributed by atoms with E-state index in [9.17, 15) is 0 Å². The zero-order chi connectivity index (χ0) is 33.0. The molecule has 2 heteroatoms. The summed E-state index contributed by atoms with van der Waals surface area (Å²) < 4.78 is 1.09. The Kier molecular flexibility index (Phi) is 9.52. The molecule has 6 rings (SSSR count). The molecule has 0 saturated carbocycles. The van der Waals surface area contributed by atoms with Crippen LogP contribution in [0.3, 0.4) is 0 Å². The number of aromatic nitrogens is 1. The van der Waals surface area contributed by atoms with Gasteiger partial charge in [-0.15, -0.1) is 6.58 Å². The molecule has 0 fully saturated rings. The van der Waals surface area contributed by atoms with Crippen molar-refractivity contribution in [3.8, 4) is 22.4 Å². The molecule has 0 spiro atoms. The van der Waals surface area contributed by atoms with Crippen molar-refractivity contribution in [2.45, 2.75) is 38.5 Å². The number of rotatable bonds is 6. The van der Waals surface area contributed by atoms with E-state index < -0.39 is 0 Å². The van der Waals surface area contributed by atoms with Gasteiger partial charge in [0.2, 0.25) is 0 Å². The van der Waals surface area contributed by atoms with Crippen molar-refractivity contribution in [3.05, 3.63) is 190 Å². The predicted octanol–water partition coefficient (Wildman–Crippen LogP) is 12.6. The molecule has 2 atom stereocenters. The summed E-state index contributed by atoms with van der Waals surface area (Å²) in [7, 11) is 0. The topological polar surface area (TPSA) is 12.9 Å². The number of fused-ring (bicyclic) bond motifs is 2. The predicted molar refractivity (Wildman–Crippen MR) is 206 cm³/mol. The molecule has 1 aliphatic rings. The Morgan fingerprint density at radius 3 is 2.38 bits per heavy atom. The average Bonchev–Trinajstić information content (AvgIpc) is 3.10. The second-order valence-electron chi connectivity index (χ2n) is 12.4. The number of hydrogen-bond donors (Lipinski definition) is 0. The highest BCUT2D eigenvalue weighted by atomic mass is 79.9. The summed E-state index contributed by atoms with van der Waals surface area (Å²) in [5, 5.41) is 0. The van der Waals surface area contributed by atoms with E-state index in [1.807, 2.05) is 12.3 Å². The molecule has 0 N–H and O–H groups in total. The third-order valence-corrected chi connectivity index (χ3v) is 9.97. The van der Waals surface area contributed by atoms with Crippen LogP contribution in [0, 0.1) is 6.92 Å². The Morgan fingerprint density at radius 1 is 0.851 bits per heavy atom. The maximum Gasteiger partial charge on any atom is 0.0708 e. The quantitative estimate of drug-likeness (QED) is 0.163. The van der Waals surface area contributed by atoms with Gasteiger partial charge in [0.05, 0.1) is 5.69 Å². The zero-order valence-electron chi connectivity index (χ0n) is 27.4. The second-order valence-corrected chi connectivity index (χ2v) is 13.3. The van der Waals surface area contributed by atoms with Gasteiger partial charge in [0.1, 0.15) is 0 Å². The smallest absolute Gasteiger partial charge is 0.0708 e. The first-order valence-electron chi connectivity index (χ1n) is 16.2. The highest BCUT2D eigenvalue weighted by Crippen LogP contribution is 2.46. The minimum atomic E-state index is -0.374. The average molecular weight is 675 g/mol. The van der Waals surface area contributed by atoms with E-state index in [1.165, 1.54) is 33.4 Å². The number of hydrogen-bond acceptors (Lipinski definition) is 1. The zero-order valence-corrected chi connectivity index (χ0v) is 29.0. The van der Waals surface area contributed by atoms with Gasteiger partial charge in [-0.05, 0) is 89.1 Å². The first kappa shape index (κ1) is 32.2. The van der Waals surface area contributed by atoms with Crippen molar-refractivity contribution >= 4 is 33.7 Å². The van der Waals surface area contributed by atoms with E-state index in [-0.39, 0.29) is 11.3 Å². The molecule has 0 amide bonds. The van der Waals surface area contributed by atoms with Crippen molar-refractivity contribution in [3.63, 3.8) is 0 Å². The fraction of sp³-hybridized carbons (Fsp3) is 0.133. The summed E-state index contributed by atoms with van der Waals surface area (Å²) >= 11 is 3.73. The molecule has 2 unspecified atom stereocenters. The van der Waals surface area contributed by atoms with E-state index in [4.69, 9.17) is 4.98 Å². The van der Waals surface area contributed by atoms with Crippen LogP contribution in [0.5, 0.6) is 0 Å². The van der Waals surface area contributed by atoms with Crippen LogP contribution in [0.1, 0.15) is 58.7 Å². The SMILES string of the molecule is C=Cc1ccc(C)cc1-c1ccc(-c2ccccc2/C=C/C2c3ccccc3C(=C/C)/C=C\Cc3cc(Br)ccc3C2(C)C=C)cn1. The van der Waals surface area contributed by atoms with Crippen LogP contribution in [0.15, 0.2) is 151 Å². The molecule has 0 bridgehead atoms. The molecule has 1 aliphatic carbocycles. The molecule has 1 aromatic heterocycles.